The van der Waals surface area contributed by atoms with Gasteiger partial charge in [-0.05, 0) is 18.3 Å². The van der Waals surface area contributed by atoms with Crippen molar-refractivity contribution in [1.82, 2.24) is 0 Å². The molecule has 2 nitrogen and oxygen atoms in total. The fourth-order valence-electron chi connectivity index (χ4n) is 1.71. The minimum atomic E-state index is -0.551. The first-order chi connectivity index (χ1) is 6.02. The van der Waals surface area contributed by atoms with Crippen LogP contribution in [-0.2, 0) is 0 Å². The third-order valence-electron chi connectivity index (χ3n) is 2.64. The Kier molecular flexibility index (Phi) is 6.35. The molecule has 0 spiro atoms. The van der Waals surface area contributed by atoms with Crippen molar-refractivity contribution in [2.75, 3.05) is 0 Å². The maximum absolute atomic E-state index is 9.78. The molecule has 0 radical (unpaired) electrons. The molecule has 0 aromatic carbocycles. The van der Waals surface area contributed by atoms with Gasteiger partial charge in [0.1, 0.15) is 0 Å². The summed E-state index contributed by atoms with van der Waals surface area (Å²) in [6.45, 7) is 8.23. The molecule has 80 valence electrons. The molecule has 0 aliphatic heterocycles. The van der Waals surface area contributed by atoms with Gasteiger partial charge in [-0.2, -0.15) is 0 Å². The van der Waals surface area contributed by atoms with Gasteiger partial charge >= 0.3 is 0 Å². The van der Waals surface area contributed by atoms with E-state index in [0.717, 1.165) is 12.8 Å². The smallest absolute Gasteiger partial charge is 0.0827 e. The Morgan fingerprint density at radius 2 is 1.46 bits per heavy atom. The van der Waals surface area contributed by atoms with E-state index in [1.54, 1.807) is 0 Å². The predicted molar refractivity (Wildman–Crippen MR) is 55.5 cm³/mol. The van der Waals surface area contributed by atoms with Crippen LogP contribution in [-0.4, -0.2) is 22.4 Å². The first kappa shape index (κ1) is 12.9. The molecule has 13 heavy (non-hydrogen) atoms. The van der Waals surface area contributed by atoms with Crippen molar-refractivity contribution in [3.8, 4) is 0 Å². The number of hydrogen-bond acceptors (Lipinski definition) is 2. The van der Waals surface area contributed by atoms with Crippen molar-refractivity contribution in [2.24, 2.45) is 11.8 Å². The molecule has 0 aliphatic carbocycles. The van der Waals surface area contributed by atoms with E-state index < -0.39 is 12.2 Å². The molecule has 2 atom stereocenters. The van der Waals surface area contributed by atoms with Crippen molar-refractivity contribution in [3.05, 3.63) is 0 Å². The molecule has 0 rings (SSSR count). The van der Waals surface area contributed by atoms with Gasteiger partial charge in [0, 0.05) is 0 Å². The van der Waals surface area contributed by atoms with Gasteiger partial charge in [0.2, 0.25) is 0 Å². The molecule has 2 N–H and O–H groups in total. The van der Waals surface area contributed by atoms with E-state index in [9.17, 15) is 10.2 Å². The highest BCUT2D eigenvalue weighted by atomic mass is 16.3. The zero-order valence-corrected chi connectivity index (χ0v) is 9.33. The Balaban J connectivity index is 3.98. The third-order valence-corrected chi connectivity index (χ3v) is 2.64. The zero-order chi connectivity index (χ0) is 10.4. The van der Waals surface area contributed by atoms with Crippen LogP contribution in [0.5, 0.6) is 0 Å². The van der Waals surface area contributed by atoms with Gasteiger partial charge in [0.15, 0.2) is 0 Å². The topological polar surface area (TPSA) is 40.5 Å². The maximum Gasteiger partial charge on any atom is 0.0827 e. The van der Waals surface area contributed by atoms with Gasteiger partial charge in [-0.3, -0.25) is 0 Å². The van der Waals surface area contributed by atoms with Gasteiger partial charge in [-0.25, -0.2) is 0 Å². The monoisotopic (exact) mass is 188 g/mol. The largest absolute Gasteiger partial charge is 0.390 e. The van der Waals surface area contributed by atoms with Gasteiger partial charge < -0.3 is 10.2 Å². The van der Waals surface area contributed by atoms with Crippen LogP contribution in [0.4, 0.5) is 0 Å². The highest BCUT2D eigenvalue weighted by Crippen LogP contribution is 2.19. The van der Waals surface area contributed by atoms with E-state index in [0.29, 0.717) is 12.3 Å². The molecule has 0 aliphatic rings. The fraction of sp³-hybridized carbons (Fsp3) is 1.00. The summed E-state index contributed by atoms with van der Waals surface area (Å²) >= 11 is 0. The second kappa shape index (κ2) is 6.39. The fourth-order valence-corrected chi connectivity index (χ4v) is 1.71. The van der Waals surface area contributed by atoms with Crippen molar-refractivity contribution >= 4 is 0 Å². The summed E-state index contributed by atoms with van der Waals surface area (Å²) in [7, 11) is 0. The molecule has 0 aromatic heterocycles. The molecule has 0 amide bonds. The number of aliphatic hydroxyl groups is 2. The SMILES string of the molecule is CCC(CC)C(O)C(O)CC(C)C. The van der Waals surface area contributed by atoms with E-state index in [4.69, 9.17) is 0 Å². The second-order valence-corrected chi connectivity index (χ2v) is 4.26. The van der Waals surface area contributed by atoms with Crippen LogP contribution in [0.15, 0.2) is 0 Å². The lowest BCUT2D eigenvalue weighted by Gasteiger charge is -2.26. The van der Waals surface area contributed by atoms with E-state index in [-0.39, 0.29) is 5.92 Å². The summed E-state index contributed by atoms with van der Waals surface area (Å²) in [5.74, 6) is 0.688. The molecule has 0 saturated heterocycles. The summed E-state index contributed by atoms with van der Waals surface area (Å²) in [6.07, 6.45) is 1.47. The first-order valence-electron chi connectivity index (χ1n) is 5.38. The van der Waals surface area contributed by atoms with Crippen LogP contribution in [0, 0.1) is 11.8 Å². The Bertz CT molecular complexity index is 119. The van der Waals surface area contributed by atoms with E-state index in [1.807, 2.05) is 0 Å². The van der Waals surface area contributed by atoms with Crippen molar-refractivity contribution in [1.29, 1.82) is 0 Å². The molecular weight excluding hydrogens is 164 g/mol. The summed E-state index contributed by atoms with van der Waals surface area (Å²) in [6, 6.07) is 0. The minimum Gasteiger partial charge on any atom is -0.390 e. The lowest BCUT2D eigenvalue weighted by Crippen LogP contribution is -2.33. The average Bonchev–Trinajstić information content (AvgIpc) is 2.05. The quantitative estimate of drug-likeness (QED) is 0.671. The van der Waals surface area contributed by atoms with Crippen LogP contribution in [0.2, 0.25) is 0 Å². The summed E-state index contributed by atoms with van der Waals surface area (Å²) < 4.78 is 0. The maximum atomic E-state index is 9.78. The second-order valence-electron chi connectivity index (χ2n) is 4.26. The Labute approximate surface area is 82.0 Å². The van der Waals surface area contributed by atoms with E-state index in [1.165, 1.54) is 0 Å². The molecule has 0 aromatic rings. The molecule has 0 saturated carbocycles. The molecule has 2 unspecified atom stereocenters. The highest BCUT2D eigenvalue weighted by Gasteiger charge is 2.23. The Morgan fingerprint density at radius 1 is 1.00 bits per heavy atom. The van der Waals surface area contributed by atoms with Crippen LogP contribution in [0.3, 0.4) is 0 Å². The molecule has 0 heterocycles. The number of hydrogen-bond donors (Lipinski definition) is 2. The first-order valence-corrected chi connectivity index (χ1v) is 5.38. The Hall–Kier alpha value is -0.0800. The minimum absolute atomic E-state index is 0.244. The van der Waals surface area contributed by atoms with Crippen LogP contribution >= 0.6 is 0 Å². The molecule has 0 bridgehead atoms. The van der Waals surface area contributed by atoms with Gasteiger partial charge in [-0.1, -0.05) is 40.5 Å². The molecular formula is C11H24O2. The summed E-state index contributed by atoms with van der Waals surface area (Å²) in [4.78, 5) is 0. The molecule has 0 fully saturated rings. The lowest BCUT2D eigenvalue weighted by molar-refractivity contribution is -0.0286. The van der Waals surface area contributed by atoms with Crippen LogP contribution in [0.1, 0.15) is 47.0 Å². The summed E-state index contributed by atoms with van der Waals surface area (Å²) in [5.41, 5.74) is 0. The van der Waals surface area contributed by atoms with E-state index in [2.05, 4.69) is 27.7 Å². The number of aliphatic hydroxyl groups excluding tert-OH is 2. The van der Waals surface area contributed by atoms with Gasteiger partial charge in [0.05, 0.1) is 12.2 Å². The Morgan fingerprint density at radius 3 is 1.77 bits per heavy atom. The average molecular weight is 188 g/mol. The lowest BCUT2D eigenvalue weighted by atomic mass is 9.89. The third kappa shape index (κ3) is 4.63. The van der Waals surface area contributed by atoms with Crippen LogP contribution < -0.4 is 0 Å². The van der Waals surface area contributed by atoms with Crippen LogP contribution in [0.25, 0.3) is 0 Å². The normalized spacial score (nSPS) is 16.6. The van der Waals surface area contributed by atoms with Crippen molar-refractivity contribution in [3.63, 3.8) is 0 Å². The van der Waals surface area contributed by atoms with Crippen molar-refractivity contribution < 1.29 is 10.2 Å². The van der Waals surface area contributed by atoms with Gasteiger partial charge in [0.25, 0.3) is 0 Å². The molecule has 2 heteroatoms. The van der Waals surface area contributed by atoms with E-state index >= 15 is 0 Å². The summed E-state index contributed by atoms with van der Waals surface area (Å²) in [5, 5.41) is 19.4. The van der Waals surface area contributed by atoms with Gasteiger partial charge in [-0.15, -0.1) is 0 Å². The standard InChI is InChI=1S/C11H24O2/c1-5-9(6-2)11(13)10(12)7-8(3)4/h8-13H,5-7H2,1-4H3. The van der Waals surface area contributed by atoms with Crippen molar-refractivity contribution in [2.45, 2.75) is 59.2 Å². The predicted octanol–water partition coefficient (Wildman–Crippen LogP) is 2.19. The number of rotatable bonds is 6. The zero-order valence-electron chi connectivity index (χ0n) is 9.33. The highest BCUT2D eigenvalue weighted by molar-refractivity contribution is 4.75.